The average molecular weight is 561 g/mol. The molecule has 1 saturated heterocycles. The minimum atomic E-state index is -0.697. The van der Waals surface area contributed by atoms with Gasteiger partial charge in [-0.15, -0.1) is 0 Å². The van der Waals surface area contributed by atoms with Gasteiger partial charge in [0, 0.05) is 34.3 Å². The quantitative estimate of drug-likeness (QED) is 0.256. The first-order chi connectivity index (χ1) is 20.4. The molecule has 0 bridgehead atoms. The summed E-state index contributed by atoms with van der Waals surface area (Å²) in [6.07, 6.45) is 0.380. The molecule has 2 unspecified atom stereocenters. The minimum absolute atomic E-state index is 0.321. The third kappa shape index (κ3) is 4.09. The van der Waals surface area contributed by atoms with E-state index in [1.807, 2.05) is 48.5 Å². The summed E-state index contributed by atoms with van der Waals surface area (Å²) in [6, 6.07) is 25.6. The Morgan fingerprint density at radius 3 is 2.36 bits per heavy atom. The third-order valence-corrected chi connectivity index (χ3v) is 7.97. The molecule has 0 saturated carbocycles. The summed E-state index contributed by atoms with van der Waals surface area (Å²) in [5.74, 6) is -0.423. The van der Waals surface area contributed by atoms with Gasteiger partial charge in [0.1, 0.15) is 23.7 Å². The number of ether oxygens (including phenoxy) is 1. The van der Waals surface area contributed by atoms with E-state index in [-0.39, 0.29) is 5.91 Å². The number of carbonyl (C=O) groups is 3. The molecule has 0 aliphatic carbocycles. The first-order valence-electron chi connectivity index (χ1n) is 13.5. The number of nitrogens with zero attached hydrogens (tertiary/aromatic N) is 2. The van der Waals surface area contributed by atoms with Crippen molar-refractivity contribution in [1.82, 2.24) is 9.88 Å². The van der Waals surface area contributed by atoms with E-state index >= 15 is 0 Å². The van der Waals surface area contributed by atoms with Crippen molar-refractivity contribution in [3.05, 3.63) is 125 Å². The molecule has 9 heteroatoms. The van der Waals surface area contributed by atoms with Gasteiger partial charge in [0.05, 0.1) is 12.8 Å². The van der Waals surface area contributed by atoms with Crippen molar-refractivity contribution < 1.29 is 23.5 Å². The number of anilines is 2. The number of benzene rings is 4. The molecule has 208 valence electrons. The lowest BCUT2D eigenvalue weighted by Gasteiger charge is -2.36. The number of rotatable bonds is 5. The first-order valence-corrected chi connectivity index (χ1v) is 13.5. The molecule has 2 atom stereocenters. The summed E-state index contributed by atoms with van der Waals surface area (Å²) < 4.78 is 18.6. The van der Waals surface area contributed by atoms with Crippen molar-refractivity contribution in [2.45, 2.75) is 18.5 Å². The molecule has 7 rings (SSSR count). The summed E-state index contributed by atoms with van der Waals surface area (Å²) in [5, 5.41) is 3.74. The second kappa shape index (κ2) is 9.88. The fourth-order valence-corrected chi connectivity index (χ4v) is 5.94. The molecular weight excluding hydrogens is 535 g/mol. The Kier molecular flexibility index (Phi) is 6.00. The second-order valence-corrected chi connectivity index (χ2v) is 10.3. The van der Waals surface area contributed by atoms with Crippen LogP contribution in [0, 0.1) is 5.82 Å². The number of hydrogen-bond acceptors (Lipinski definition) is 4. The Balaban J connectivity index is 1.23. The lowest BCUT2D eigenvalue weighted by molar-refractivity contribution is -0.120. The van der Waals surface area contributed by atoms with E-state index in [0.29, 0.717) is 29.1 Å². The van der Waals surface area contributed by atoms with Crippen molar-refractivity contribution in [2.75, 3.05) is 17.3 Å². The molecule has 2 aliphatic rings. The summed E-state index contributed by atoms with van der Waals surface area (Å²) in [7, 11) is 1.60. The molecule has 2 aliphatic heterocycles. The van der Waals surface area contributed by atoms with Crippen LogP contribution >= 0.6 is 0 Å². The number of carbonyl (C=O) groups excluding carboxylic acids is 3. The van der Waals surface area contributed by atoms with E-state index in [1.54, 1.807) is 36.3 Å². The van der Waals surface area contributed by atoms with Gasteiger partial charge in [0.2, 0.25) is 0 Å². The van der Waals surface area contributed by atoms with Crippen LogP contribution in [-0.2, 0) is 11.2 Å². The zero-order valence-corrected chi connectivity index (χ0v) is 22.5. The lowest BCUT2D eigenvalue weighted by atomic mass is 9.89. The molecule has 1 aromatic heterocycles. The molecule has 8 nitrogen and oxygen atoms in total. The van der Waals surface area contributed by atoms with Crippen LogP contribution in [0.2, 0.25) is 0 Å². The van der Waals surface area contributed by atoms with Gasteiger partial charge in [0.25, 0.3) is 11.8 Å². The largest absolute Gasteiger partial charge is 0.497 e. The minimum Gasteiger partial charge on any atom is -0.497 e. The van der Waals surface area contributed by atoms with Gasteiger partial charge in [-0.3, -0.25) is 14.5 Å². The number of halogens is 1. The zero-order valence-electron chi connectivity index (χ0n) is 22.5. The van der Waals surface area contributed by atoms with E-state index in [9.17, 15) is 18.8 Å². The van der Waals surface area contributed by atoms with E-state index in [0.717, 1.165) is 27.7 Å². The van der Waals surface area contributed by atoms with Crippen LogP contribution in [0.5, 0.6) is 5.75 Å². The van der Waals surface area contributed by atoms with E-state index in [1.165, 1.54) is 29.2 Å². The van der Waals surface area contributed by atoms with Crippen LogP contribution in [0.25, 0.3) is 10.9 Å². The van der Waals surface area contributed by atoms with Gasteiger partial charge < -0.3 is 15.0 Å². The number of imide groups is 1. The Morgan fingerprint density at radius 2 is 1.64 bits per heavy atom. The molecular formula is C33H25FN4O4. The van der Waals surface area contributed by atoms with Gasteiger partial charge in [-0.2, -0.15) is 0 Å². The number of methoxy groups -OCH3 is 1. The maximum Gasteiger partial charge on any atom is 0.332 e. The highest BCUT2D eigenvalue weighted by atomic mass is 19.1. The third-order valence-electron chi connectivity index (χ3n) is 7.97. The molecule has 2 N–H and O–H groups in total. The summed E-state index contributed by atoms with van der Waals surface area (Å²) in [4.78, 5) is 47.1. The van der Waals surface area contributed by atoms with E-state index in [2.05, 4.69) is 10.3 Å². The van der Waals surface area contributed by atoms with Gasteiger partial charge in [0.15, 0.2) is 0 Å². The van der Waals surface area contributed by atoms with Crippen molar-refractivity contribution in [3.63, 3.8) is 0 Å². The van der Waals surface area contributed by atoms with Gasteiger partial charge in [-0.05, 0) is 77.9 Å². The SMILES string of the molecule is COc1ccc(C2c3[nH]c4ccccc4c3CC3C(=O)N(c4ccc(C(=O)Nc5ccc(F)cc5)cc4)C(=O)N32)cc1. The van der Waals surface area contributed by atoms with Crippen LogP contribution < -0.4 is 15.0 Å². The molecule has 4 amide bonds. The number of amides is 4. The maximum absolute atomic E-state index is 14.1. The van der Waals surface area contributed by atoms with Crippen LogP contribution in [0.3, 0.4) is 0 Å². The van der Waals surface area contributed by atoms with E-state index < -0.39 is 29.8 Å². The fourth-order valence-electron chi connectivity index (χ4n) is 5.94. The molecule has 4 aromatic carbocycles. The Labute approximate surface area is 240 Å². The molecule has 1 fully saturated rings. The summed E-state index contributed by atoms with van der Waals surface area (Å²) >= 11 is 0. The number of urea groups is 1. The number of nitrogens with one attached hydrogen (secondary N) is 2. The molecule has 0 radical (unpaired) electrons. The predicted molar refractivity (Wildman–Crippen MR) is 156 cm³/mol. The summed E-state index contributed by atoms with van der Waals surface area (Å²) in [5.41, 5.74) is 4.86. The van der Waals surface area contributed by atoms with Crippen LogP contribution in [0.4, 0.5) is 20.6 Å². The number of fused-ring (bicyclic) bond motifs is 4. The highest BCUT2D eigenvalue weighted by molar-refractivity contribution is 6.22. The Bertz CT molecular complexity index is 1850. The first kappa shape index (κ1) is 25.5. The van der Waals surface area contributed by atoms with E-state index in [4.69, 9.17) is 4.74 Å². The summed E-state index contributed by atoms with van der Waals surface area (Å²) in [6.45, 7) is 0. The number of H-pyrrole nitrogens is 1. The predicted octanol–water partition coefficient (Wildman–Crippen LogP) is 6.05. The van der Waals surface area contributed by atoms with Crippen LogP contribution in [-0.4, -0.2) is 40.9 Å². The van der Waals surface area contributed by atoms with Gasteiger partial charge in [-0.25, -0.2) is 14.1 Å². The number of aromatic amines is 1. The molecule has 42 heavy (non-hydrogen) atoms. The number of hydrogen-bond donors (Lipinski definition) is 2. The zero-order chi connectivity index (χ0) is 29.0. The highest BCUT2D eigenvalue weighted by Gasteiger charge is 2.53. The number of para-hydroxylation sites is 1. The molecule has 3 heterocycles. The maximum atomic E-state index is 14.1. The van der Waals surface area contributed by atoms with Crippen molar-refractivity contribution in [2.24, 2.45) is 0 Å². The van der Waals surface area contributed by atoms with Crippen molar-refractivity contribution in [1.29, 1.82) is 0 Å². The topological polar surface area (TPSA) is 94.7 Å². The monoisotopic (exact) mass is 560 g/mol. The fraction of sp³-hybridized carbons (Fsp3) is 0.121. The molecule has 5 aromatic rings. The molecule has 0 spiro atoms. The van der Waals surface area contributed by atoms with Crippen LogP contribution in [0.1, 0.15) is 33.2 Å². The van der Waals surface area contributed by atoms with Crippen molar-refractivity contribution >= 4 is 40.1 Å². The standard InChI is InChI=1S/C33H25FN4O4/c1-42-24-16-8-19(9-17-24)30-29-26(25-4-2-3-5-27(25)36-29)18-28-32(40)37(33(41)38(28)30)23-14-6-20(7-15-23)31(39)35-22-12-10-21(34)11-13-22/h2-17,28,30,36H,18H2,1H3,(H,35,39). The Morgan fingerprint density at radius 1 is 0.929 bits per heavy atom. The Hall–Kier alpha value is -5.44. The smallest absolute Gasteiger partial charge is 0.332 e. The van der Waals surface area contributed by atoms with Gasteiger partial charge in [-0.1, -0.05) is 30.3 Å². The average Bonchev–Trinajstić information content (AvgIpc) is 3.51. The van der Waals surface area contributed by atoms with Gasteiger partial charge >= 0.3 is 6.03 Å². The highest BCUT2D eigenvalue weighted by Crippen LogP contribution is 2.45. The normalized spacial score (nSPS) is 17.8. The lowest BCUT2D eigenvalue weighted by Crippen LogP contribution is -2.44. The number of aromatic nitrogens is 1. The van der Waals surface area contributed by atoms with Crippen molar-refractivity contribution in [3.8, 4) is 5.75 Å². The second-order valence-electron chi connectivity index (χ2n) is 10.3. The van der Waals surface area contributed by atoms with Crippen LogP contribution in [0.15, 0.2) is 97.1 Å².